The Labute approximate surface area is 176 Å². The van der Waals surface area contributed by atoms with Crippen molar-refractivity contribution in [1.82, 2.24) is 9.80 Å². The highest BCUT2D eigenvalue weighted by atomic mass is 16.3. The van der Waals surface area contributed by atoms with Crippen molar-refractivity contribution in [3.63, 3.8) is 0 Å². The van der Waals surface area contributed by atoms with Gasteiger partial charge >= 0.3 is 0 Å². The van der Waals surface area contributed by atoms with Crippen LogP contribution in [0, 0.1) is 0 Å². The fourth-order valence-electron chi connectivity index (χ4n) is 3.75. The number of nitrogens with zero attached hydrogens (tertiary/aromatic N) is 2. The Balaban J connectivity index is 3.63. The second-order valence-electron chi connectivity index (χ2n) is 8.95. The minimum Gasteiger partial charge on any atom is -0.392 e. The lowest BCUT2D eigenvalue weighted by atomic mass is 10.1. The van der Waals surface area contributed by atoms with Gasteiger partial charge in [-0.15, -0.1) is 0 Å². The number of aliphatic hydroxyl groups excluding tert-OH is 2. The fraction of sp³-hybridized carbons (Fsp3) is 1.00. The van der Waals surface area contributed by atoms with Crippen molar-refractivity contribution in [1.29, 1.82) is 0 Å². The van der Waals surface area contributed by atoms with Gasteiger partial charge in [0.2, 0.25) is 0 Å². The summed E-state index contributed by atoms with van der Waals surface area (Å²) in [4.78, 5) is 4.44. The van der Waals surface area contributed by atoms with Crippen LogP contribution in [0.1, 0.15) is 104 Å². The van der Waals surface area contributed by atoms with Gasteiger partial charge in [-0.25, -0.2) is 0 Å². The Morgan fingerprint density at radius 2 is 0.857 bits per heavy atom. The SMILES string of the molecule is CCCCCCCCC(O)CN(C)CCN(C)CC(O)CCCCCCCC. The smallest absolute Gasteiger partial charge is 0.0667 e. The largest absolute Gasteiger partial charge is 0.392 e. The first-order chi connectivity index (χ1) is 13.5. The highest BCUT2D eigenvalue weighted by molar-refractivity contribution is 4.66. The van der Waals surface area contributed by atoms with Gasteiger partial charge in [0.1, 0.15) is 0 Å². The van der Waals surface area contributed by atoms with E-state index in [1.54, 1.807) is 0 Å². The standard InChI is InChI=1S/C24H52N2O2/c1-5-7-9-11-13-15-17-23(27)21-25(3)19-20-26(4)22-24(28)18-16-14-12-10-8-6-2/h23-24,27-28H,5-22H2,1-4H3. The van der Waals surface area contributed by atoms with E-state index in [1.807, 2.05) is 0 Å². The van der Waals surface area contributed by atoms with E-state index < -0.39 is 0 Å². The van der Waals surface area contributed by atoms with Crippen LogP contribution in [-0.2, 0) is 0 Å². The predicted octanol–water partition coefficient (Wildman–Crippen LogP) is 5.07. The third kappa shape index (κ3) is 19.2. The molecule has 0 aliphatic heterocycles. The zero-order valence-electron chi connectivity index (χ0n) is 19.7. The lowest BCUT2D eigenvalue weighted by Crippen LogP contribution is -2.38. The Hall–Kier alpha value is -0.160. The molecule has 2 N–H and O–H groups in total. The first kappa shape index (κ1) is 27.8. The summed E-state index contributed by atoms with van der Waals surface area (Å²) in [7, 11) is 4.18. The van der Waals surface area contributed by atoms with Crippen molar-refractivity contribution in [2.75, 3.05) is 40.3 Å². The molecule has 28 heavy (non-hydrogen) atoms. The normalized spacial score (nSPS) is 14.1. The van der Waals surface area contributed by atoms with Crippen molar-refractivity contribution in [3.05, 3.63) is 0 Å². The van der Waals surface area contributed by atoms with Gasteiger partial charge < -0.3 is 20.0 Å². The third-order valence-corrected chi connectivity index (χ3v) is 5.69. The molecule has 170 valence electrons. The van der Waals surface area contributed by atoms with Gasteiger partial charge in [-0.05, 0) is 26.9 Å². The monoisotopic (exact) mass is 400 g/mol. The van der Waals surface area contributed by atoms with Crippen molar-refractivity contribution in [2.24, 2.45) is 0 Å². The van der Waals surface area contributed by atoms with E-state index in [0.29, 0.717) is 0 Å². The summed E-state index contributed by atoms with van der Waals surface area (Å²) in [5.74, 6) is 0. The van der Waals surface area contributed by atoms with Gasteiger partial charge in [0.25, 0.3) is 0 Å². The summed E-state index contributed by atoms with van der Waals surface area (Å²) in [5.41, 5.74) is 0. The van der Waals surface area contributed by atoms with Crippen molar-refractivity contribution in [3.8, 4) is 0 Å². The number of hydrogen-bond acceptors (Lipinski definition) is 4. The Bertz CT molecular complexity index is 285. The molecule has 0 rings (SSSR count). The minimum absolute atomic E-state index is 0.209. The van der Waals surface area contributed by atoms with E-state index >= 15 is 0 Å². The van der Waals surface area contributed by atoms with Crippen LogP contribution in [-0.4, -0.2) is 72.5 Å². The van der Waals surface area contributed by atoms with Crippen LogP contribution in [0.5, 0.6) is 0 Å². The number of unbranched alkanes of at least 4 members (excludes halogenated alkanes) is 10. The quantitative estimate of drug-likeness (QED) is 0.264. The van der Waals surface area contributed by atoms with E-state index in [2.05, 4.69) is 37.7 Å². The van der Waals surface area contributed by atoms with E-state index in [0.717, 1.165) is 51.9 Å². The molecule has 0 aromatic rings. The van der Waals surface area contributed by atoms with Crippen molar-refractivity contribution >= 4 is 0 Å². The van der Waals surface area contributed by atoms with Gasteiger partial charge in [0, 0.05) is 26.2 Å². The summed E-state index contributed by atoms with van der Waals surface area (Å²) >= 11 is 0. The number of hydrogen-bond donors (Lipinski definition) is 2. The maximum Gasteiger partial charge on any atom is 0.0667 e. The Morgan fingerprint density at radius 1 is 0.536 bits per heavy atom. The lowest BCUT2D eigenvalue weighted by Gasteiger charge is -2.25. The van der Waals surface area contributed by atoms with Crippen molar-refractivity contribution in [2.45, 2.75) is 116 Å². The number of aliphatic hydroxyl groups is 2. The maximum absolute atomic E-state index is 10.2. The number of rotatable bonds is 21. The molecule has 0 aliphatic rings. The topological polar surface area (TPSA) is 46.9 Å². The van der Waals surface area contributed by atoms with E-state index in [9.17, 15) is 10.2 Å². The fourth-order valence-corrected chi connectivity index (χ4v) is 3.75. The molecule has 0 aromatic carbocycles. The molecule has 0 amide bonds. The molecular formula is C24H52N2O2. The van der Waals surface area contributed by atoms with Gasteiger partial charge in [0.05, 0.1) is 12.2 Å². The molecule has 0 radical (unpaired) electrons. The molecule has 2 atom stereocenters. The second-order valence-corrected chi connectivity index (χ2v) is 8.95. The summed E-state index contributed by atoms with van der Waals surface area (Å²) < 4.78 is 0. The lowest BCUT2D eigenvalue weighted by molar-refractivity contribution is 0.0938. The minimum atomic E-state index is -0.209. The zero-order valence-corrected chi connectivity index (χ0v) is 19.7. The van der Waals surface area contributed by atoms with Crippen LogP contribution in [0.25, 0.3) is 0 Å². The number of likely N-dealkylation sites (N-methyl/N-ethyl adjacent to an activating group) is 2. The average Bonchev–Trinajstić information content (AvgIpc) is 2.65. The first-order valence-electron chi connectivity index (χ1n) is 12.2. The van der Waals surface area contributed by atoms with Crippen LogP contribution in [0.2, 0.25) is 0 Å². The highest BCUT2D eigenvalue weighted by Gasteiger charge is 2.11. The van der Waals surface area contributed by atoms with E-state index in [1.165, 1.54) is 64.2 Å². The summed E-state index contributed by atoms with van der Waals surface area (Å²) in [6, 6.07) is 0. The van der Waals surface area contributed by atoms with E-state index in [4.69, 9.17) is 0 Å². The summed E-state index contributed by atoms with van der Waals surface area (Å²) in [6.07, 6.45) is 16.8. The summed E-state index contributed by atoms with van der Waals surface area (Å²) in [6.45, 7) is 7.87. The van der Waals surface area contributed by atoms with Crippen LogP contribution in [0.4, 0.5) is 0 Å². The van der Waals surface area contributed by atoms with E-state index in [-0.39, 0.29) is 12.2 Å². The highest BCUT2D eigenvalue weighted by Crippen LogP contribution is 2.10. The first-order valence-corrected chi connectivity index (χ1v) is 12.2. The van der Waals surface area contributed by atoms with Crippen LogP contribution >= 0.6 is 0 Å². The van der Waals surface area contributed by atoms with Gasteiger partial charge in [-0.2, -0.15) is 0 Å². The zero-order chi connectivity index (χ0) is 21.0. The second kappa shape index (κ2) is 20.1. The molecule has 4 nitrogen and oxygen atoms in total. The van der Waals surface area contributed by atoms with Gasteiger partial charge in [-0.3, -0.25) is 0 Å². The third-order valence-electron chi connectivity index (χ3n) is 5.69. The van der Waals surface area contributed by atoms with Crippen LogP contribution in [0.15, 0.2) is 0 Å². The molecule has 0 aliphatic carbocycles. The maximum atomic E-state index is 10.2. The molecule has 0 saturated carbocycles. The average molecular weight is 401 g/mol. The van der Waals surface area contributed by atoms with Gasteiger partial charge in [-0.1, -0.05) is 90.9 Å². The summed E-state index contributed by atoms with van der Waals surface area (Å²) in [5, 5.41) is 20.4. The Morgan fingerprint density at radius 3 is 1.21 bits per heavy atom. The molecule has 0 spiro atoms. The van der Waals surface area contributed by atoms with Crippen molar-refractivity contribution < 1.29 is 10.2 Å². The molecule has 0 aromatic heterocycles. The molecule has 2 unspecified atom stereocenters. The predicted molar refractivity (Wildman–Crippen MR) is 123 cm³/mol. The molecule has 0 bridgehead atoms. The molecule has 0 saturated heterocycles. The molecule has 0 fully saturated rings. The van der Waals surface area contributed by atoms with Crippen LogP contribution < -0.4 is 0 Å². The Kier molecular flexibility index (Phi) is 20.0. The molecular weight excluding hydrogens is 348 g/mol. The van der Waals surface area contributed by atoms with Crippen LogP contribution in [0.3, 0.4) is 0 Å². The molecule has 0 heterocycles. The molecule has 4 heteroatoms. The van der Waals surface area contributed by atoms with Gasteiger partial charge in [0.15, 0.2) is 0 Å².